The number of amides is 1. The Kier molecular flexibility index (Phi) is 7.46. The van der Waals surface area contributed by atoms with Crippen LogP contribution < -0.4 is 10.6 Å². The molecule has 2 saturated heterocycles. The van der Waals surface area contributed by atoms with Gasteiger partial charge in [-0.15, -0.1) is 12.4 Å². The number of carbonyl (C=O) groups is 1. The van der Waals surface area contributed by atoms with Gasteiger partial charge in [0.2, 0.25) is 10.0 Å². The molecule has 0 aromatic heterocycles. The topological polar surface area (TPSA) is 78.5 Å². The summed E-state index contributed by atoms with van der Waals surface area (Å²) >= 11 is 0. The molecule has 8 heteroatoms. The van der Waals surface area contributed by atoms with Crippen LogP contribution in [0.1, 0.15) is 48.0 Å². The Bertz CT molecular complexity index is 727. The summed E-state index contributed by atoms with van der Waals surface area (Å²) < 4.78 is 27.5. The summed E-state index contributed by atoms with van der Waals surface area (Å²) in [6.45, 7) is 4.70. The third-order valence-corrected chi connectivity index (χ3v) is 7.10. The summed E-state index contributed by atoms with van der Waals surface area (Å²) in [6, 6.07) is 5.13. The van der Waals surface area contributed by atoms with Gasteiger partial charge >= 0.3 is 0 Å². The summed E-state index contributed by atoms with van der Waals surface area (Å²) in [6.07, 6.45) is 4.67. The number of halogens is 1. The molecule has 6 nitrogen and oxygen atoms in total. The Hall–Kier alpha value is -1.15. The number of piperidine rings is 2. The predicted molar refractivity (Wildman–Crippen MR) is 104 cm³/mol. The lowest BCUT2D eigenvalue weighted by atomic mass is 10.1. The highest BCUT2D eigenvalue weighted by Crippen LogP contribution is 2.24. The van der Waals surface area contributed by atoms with Crippen LogP contribution in [0.3, 0.4) is 0 Å². The molecule has 2 aliphatic rings. The van der Waals surface area contributed by atoms with Gasteiger partial charge in [0, 0.05) is 24.7 Å². The number of carbonyl (C=O) groups excluding carboxylic acids is 1. The minimum absolute atomic E-state index is 0. The highest BCUT2D eigenvalue weighted by atomic mass is 35.5. The van der Waals surface area contributed by atoms with Gasteiger partial charge < -0.3 is 10.6 Å². The highest BCUT2D eigenvalue weighted by Gasteiger charge is 2.28. The largest absolute Gasteiger partial charge is 0.349 e. The molecule has 1 amide bonds. The summed E-state index contributed by atoms with van der Waals surface area (Å²) in [5.41, 5.74) is 1.10. The molecule has 1 aromatic carbocycles. The quantitative estimate of drug-likeness (QED) is 0.809. The second kappa shape index (κ2) is 9.17. The van der Waals surface area contributed by atoms with Crippen LogP contribution in [-0.2, 0) is 10.0 Å². The maximum absolute atomic E-state index is 13.0. The molecule has 2 fully saturated rings. The molecule has 146 valence electrons. The molecule has 0 spiro atoms. The van der Waals surface area contributed by atoms with E-state index >= 15 is 0 Å². The molecule has 0 atom stereocenters. The number of rotatable bonds is 4. The second-order valence-electron chi connectivity index (χ2n) is 6.94. The van der Waals surface area contributed by atoms with Crippen LogP contribution in [0.2, 0.25) is 0 Å². The fraction of sp³-hybridized carbons (Fsp3) is 0.611. The molecule has 0 radical (unpaired) electrons. The van der Waals surface area contributed by atoms with Crippen LogP contribution in [0.15, 0.2) is 23.1 Å². The fourth-order valence-corrected chi connectivity index (χ4v) is 5.27. The standard InChI is InChI=1S/C18H27N3O3S.ClH/c1-14-5-6-15(18(22)20-16-7-9-19-10-8-16)13-17(14)25(23,24)21-11-3-2-4-12-21;/h5-6,13,16,19H,2-4,7-12H2,1H3,(H,20,22);1H. The number of nitrogens with one attached hydrogen (secondary N) is 2. The van der Waals surface area contributed by atoms with Gasteiger partial charge in [0.1, 0.15) is 0 Å². The number of benzene rings is 1. The molecular weight excluding hydrogens is 374 g/mol. The normalized spacial score (nSPS) is 19.6. The first-order chi connectivity index (χ1) is 12.0. The first-order valence-corrected chi connectivity index (χ1v) is 10.5. The first kappa shape index (κ1) is 21.2. The molecule has 0 unspecified atom stereocenters. The van der Waals surface area contributed by atoms with Crippen molar-refractivity contribution in [3.05, 3.63) is 29.3 Å². The Balaban J connectivity index is 0.00000243. The average Bonchev–Trinajstić information content (AvgIpc) is 2.63. The van der Waals surface area contributed by atoms with E-state index in [2.05, 4.69) is 10.6 Å². The van der Waals surface area contributed by atoms with E-state index in [0.29, 0.717) is 24.2 Å². The predicted octanol–water partition coefficient (Wildman–Crippen LogP) is 2.07. The lowest BCUT2D eigenvalue weighted by Crippen LogP contribution is -2.42. The van der Waals surface area contributed by atoms with E-state index in [4.69, 9.17) is 0 Å². The van der Waals surface area contributed by atoms with Crippen molar-refractivity contribution >= 4 is 28.3 Å². The van der Waals surface area contributed by atoms with Crippen LogP contribution >= 0.6 is 12.4 Å². The highest BCUT2D eigenvalue weighted by molar-refractivity contribution is 7.89. The minimum Gasteiger partial charge on any atom is -0.349 e. The van der Waals surface area contributed by atoms with Crippen molar-refractivity contribution in [2.75, 3.05) is 26.2 Å². The number of aryl methyl sites for hydroxylation is 1. The summed E-state index contributed by atoms with van der Waals surface area (Å²) in [4.78, 5) is 12.8. The van der Waals surface area contributed by atoms with Gasteiger partial charge in [-0.3, -0.25) is 4.79 Å². The van der Waals surface area contributed by atoms with E-state index in [-0.39, 0.29) is 29.3 Å². The zero-order chi connectivity index (χ0) is 17.9. The second-order valence-corrected chi connectivity index (χ2v) is 8.85. The molecule has 0 aliphatic carbocycles. The van der Waals surface area contributed by atoms with Crippen LogP contribution in [-0.4, -0.2) is 50.9 Å². The zero-order valence-corrected chi connectivity index (χ0v) is 16.8. The van der Waals surface area contributed by atoms with E-state index in [1.807, 2.05) is 0 Å². The maximum atomic E-state index is 13.0. The van der Waals surface area contributed by atoms with Gasteiger partial charge in [-0.1, -0.05) is 12.5 Å². The number of sulfonamides is 1. The smallest absolute Gasteiger partial charge is 0.251 e. The lowest BCUT2D eigenvalue weighted by Gasteiger charge is -2.27. The SMILES string of the molecule is Cc1ccc(C(=O)NC2CCNCC2)cc1S(=O)(=O)N1CCCCC1.Cl. The summed E-state index contributed by atoms with van der Waals surface area (Å²) in [5, 5.41) is 6.29. The van der Waals surface area contributed by atoms with E-state index < -0.39 is 10.0 Å². The molecule has 0 saturated carbocycles. The first-order valence-electron chi connectivity index (χ1n) is 9.11. The molecule has 2 heterocycles. The van der Waals surface area contributed by atoms with Crippen molar-refractivity contribution in [2.24, 2.45) is 0 Å². The maximum Gasteiger partial charge on any atom is 0.251 e. The van der Waals surface area contributed by atoms with Crippen molar-refractivity contribution in [3.8, 4) is 0 Å². The number of hydrogen-bond acceptors (Lipinski definition) is 4. The Morgan fingerprint density at radius 2 is 1.81 bits per heavy atom. The average molecular weight is 402 g/mol. The Labute approximate surface area is 162 Å². The third kappa shape index (κ3) is 4.76. The van der Waals surface area contributed by atoms with Crippen molar-refractivity contribution in [1.82, 2.24) is 14.9 Å². The molecule has 3 rings (SSSR count). The van der Waals surface area contributed by atoms with Crippen LogP contribution in [0.4, 0.5) is 0 Å². The number of nitrogens with zero attached hydrogens (tertiary/aromatic N) is 1. The fourth-order valence-electron chi connectivity index (χ4n) is 3.50. The van der Waals surface area contributed by atoms with Gasteiger partial charge in [0.05, 0.1) is 4.90 Å². The summed E-state index contributed by atoms with van der Waals surface area (Å²) in [5.74, 6) is -0.193. The van der Waals surface area contributed by atoms with E-state index in [1.165, 1.54) is 6.07 Å². The molecule has 2 aliphatic heterocycles. The van der Waals surface area contributed by atoms with Crippen LogP contribution in [0.5, 0.6) is 0 Å². The lowest BCUT2D eigenvalue weighted by molar-refractivity contribution is 0.0929. The van der Waals surface area contributed by atoms with Crippen LogP contribution in [0.25, 0.3) is 0 Å². The Morgan fingerprint density at radius 1 is 1.15 bits per heavy atom. The van der Waals surface area contributed by atoms with E-state index in [9.17, 15) is 13.2 Å². The molecule has 2 N–H and O–H groups in total. The number of hydrogen-bond donors (Lipinski definition) is 2. The van der Waals surface area contributed by atoms with Crippen molar-refractivity contribution in [2.45, 2.75) is 50.0 Å². The minimum atomic E-state index is -3.54. The summed E-state index contributed by atoms with van der Waals surface area (Å²) in [7, 11) is -3.54. The molecule has 0 bridgehead atoms. The third-order valence-electron chi connectivity index (χ3n) is 5.06. The molecule has 26 heavy (non-hydrogen) atoms. The van der Waals surface area contributed by atoms with Crippen molar-refractivity contribution in [3.63, 3.8) is 0 Å². The van der Waals surface area contributed by atoms with Crippen LogP contribution in [0, 0.1) is 6.92 Å². The van der Waals surface area contributed by atoms with Gasteiger partial charge in [-0.05, 0) is 63.4 Å². The van der Waals surface area contributed by atoms with E-state index in [0.717, 1.165) is 45.2 Å². The zero-order valence-electron chi connectivity index (χ0n) is 15.2. The van der Waals surface area contributed by atoms with Crippen molar-refractivity contribution in [1.29, 1.82) is 0 Å². The van der Waals surface area contributed by atoms with Crippen molar-refractivity contribution < 1.29 is 13.2 Å². The van der Waals surface area contributed by atoms with Gasteiger partial charge in [0.25, 0.3) is 5.91 Å². The van der Waals surface area contributed by atoms with E-state index in [1.54, 1.807) is 23.4 Å². The van der Waals surface area contributed by atoms with Gasteiger partial charge in [-0.2, -0.15) is 4.31 Å². The molecular formula is C18H28ClN3O3S. The molecule has 1 aromatic rings. The van der Waals surface area contributed by atoms with Gasteiger partial charge in [-0.25, -0.2) is 8.42 Å². The van der Waals surface area contributed by atoms with Gasteiger partial charge in [0.15, 0.2) is 0 Å². The monoisotopic (exact) mass is 401 g/mol. The Morgan fingerprint density at radius 3 is 2.46 bits per heavy atom.